The molecule has 0 amide bonds. The lowest BCUT2D eigenvalue weighted by molar-refractivity contribution is 0.947. The van der Waals surface area contributed by atoms with Crippen molar-refractivity contribution in [3.8, 4) is 5.69 Å². The third-order valence-electron chi connectivity index (χ3n) is 3.97. The summed E-state index contributed by atoms with van der Waals surface area (Å²) in [5.74, 6) is 2.74. The summed E-state index contributed by atoms with van der Waals surface area (Å²) in [6.45, 7) is 4.27. The molecule has 24 heavy (non-hydrogen) atoms. The van der Waals surface area contributed by atoms with Crippen LogP contribution in [0.5, 0.6) is 0 Å². The highest BCUT2D eigenvalue weighted by atomic mass is 32.2. The van der Waals surface area contributed by atoms with E-state index in [0.717, 1.165) is 29.4 Å². The van der Waals surface area contributed by atoms with Crippen molar-refractivity contribution in [3.63, 3.8) is 0 Å². The van der Waals surface area contributed by atoms with Crippen LogP contribution in [0.1, 0.15) is 29.4 Å². The van der Waals surface area contributed by atoms with Gasteiger partial charge in [-0.05, 0) is 48.8 Å². The van der Waals surface area contributed by atoms with Crippen molar-refractivity contribution in [1.29, 1.82) is 0 Å². The zero-order valence-electron chi connectivity index (χ0n) is 14.0. The van der Waals surface area contributed by atoms with Crippen LogP contribution in [0.4, 0.5) is 0 Å². The summed E-state index contributed by atoms with van der Waals surface area (Å²) >= 11 is 7.26. The monoisotopic (exact) mass is 355 g/mol. The van der Waals surface area contributed by atoms with Gasteiger partial charge in [0.05, 0.1) is 5.75 Å². The lowest BCUT2D eigenvalue weighted by Gasteiger charge is -2.08. The number of nitrogens with one attached hydrogen (secondary N) is 1. The number of aryl methyl sites for hydroxylation is 2. The Hall–Kier alpha value is -1.85. The van der Waals surface area contributed by atoms with Crippen molar-refractivity contribution in [1.82, 2.24) is 14.8 Å². The molecule has 1 heterocycles. The molecule has 0 radical (unpaired) electrons. The van der Waals surface area contributed by atoms with Crippen molar-refractivity contribution in [2.75, 3.05) is 0 Å². The molecule has 5 heteroatoms. The predicted octanol–water partition coefficient (Wildman–Crippen LogP) is 5.23. The van der Waals surface area contributed by atoms with Crippen LogP contribution >= 0.6 is 24.0 Å². The van der Waals surface area contributed by atoms with E-state index < -0.39 is 0 Å². The summed E-state index contributed by atoms with van der Waals surface area (Å²) in [7, 11) is 0. The second kappa shape index (κ2) is 7.81. The minimum Gasteiger partial charge on any atom is -0.271 e. The number of benzene rings is 2. The molecule has 0 saturated heterocycles. The Kier molecular flexibility index (Phi) is 5.53. The molecule has 1 aromatic heterocycles. The Morgan fingerprint density at radius 3 is 2.33 bits per heavy atom. The van der Waals surface area contributed by atoms with Gasteiger partial charge in [0, 0.05) is 11.4 Å². The molecule has 0 atom stereocenters. The van der Waals surface area contributed by atoms with Crippen molar-refractivity contribution >= 4 is 24.0 Å². The van der Waals surface area contributed by atoms with Crippen LogP contribution < -0.4 is 0 Å². The van der Waals surface area contributed by atoms with E-state index in [9.17, 15) is 0 Å². The van der Waals surface area contributed by atoms with Gasteiger partial charge in [0.15, 0.2) is 4.77 Å². The molecule has 3 aromatic rings. The number of aromatic amines is 1. The number of aromatic nitrogens is 3. The SMILES string of the molecule is CCc1ccc(-n2c(CSCc3ccc(C)cc3)n[nH]c2=S)cc1. The van der Waals surface area contributed by atoms with Gasteiger partial charge in [-0.25, -0.2) is 0 Å². The quantitative estimate of drug-likeness (QED) is 0.614. The average Bonchev–Trinajstić information content (AvgIpc) is 2.97. The third kappa shape index (κ3) is 3.97. The van der Waals surface area contributed by atoms with Gasteiger partial charge in [0.25, 0.3) is 0 Å². The lowest BCUT2D eigenvalue weighted by atomic mass is 10.1. The molecule has 0 aliphatic rings. The standard InChI is InChI=1S/C19H21N3S2/c1-3-15-8-10-17(11-9-15)22-18(20-21-19(22)23)13-24-12-16-6-4-14(2)5-7-16/h4-11H,3,12-13H2,1-2H3,(H,21,23). The van der Waals surface area contributed by atoms with E-state index in [2.05, 4.69) is 72.6 Å². The smallest absolute Gasteiger partial charge is 0.199 e. The highest BCUT2D eigenvalue weighted by molar-refractivity contribution is 7.97. The summed E-state index contributed by atoms with van der Waals surface area (Å²) < 4.78 is 2.67. The predicted molar refractivity (Wildman–Crippen MR) is 104 cm³/mol. The molecule has 2 aromatic carbocycles. The first-order chi connectivity index (χ1) is 11.7. The van der Waals surface area contributed by atoms with Crippen LogP contribution in [0.2, 0.25) is 0 Å². The molecule has 3 rings (SSSR count). The normalized spacial score (nSPS) is 10.9. The van der Waals surface area contributed by atoms with E-state index in [1.807, 2.05) is 16.3 Å². The van der Waals surface area contributed by atoms with E-state index in [1.165, 1.54) is 16.7 Å². The van der Waals surface area contributed by atoms with Crippen molar-refractivity contribution in [2.24, 2.45) is 0 Å². The van der Waals surface area contributed by atoms with E-state index in [-0.39, 0.29) is 0 Å². The summed E-state index contributed by atoms with van der Waals surface area (Å²) in [5.41, 5.74) is 5.01. The van der Waals surface area contributed by atoms with E-state index in [0.29, 0.717) is 4.77 Å². The summed E-state index contributed by atoms with van der Waals surface area (Å²) in [5, 5.41) is 7.33. The Bertz CT molecular complexity index is 846. The topological polar surface area (TPSA) is 33.6 Å². The molecule has 0 fully saturated rings. The van der Waals surface area contributed by atoms with Crippen LogP contribution in [0, 0.1) is 11.7 Å². The minimum absolute atomic E-state index is 0.644. The summed E-state index contributed by atoms with van der Waals surface area (Å²) in [6, 6.07) is 17.2. The number of hydrogen-bond acceptors (Lipinski definition) is 3. The molecule has 0 spiro atoms. The second-order valence-corrected chi connectivity index (χ2v) is 7.15. The van der Waals surface area contributed by atoms with Crippen molar-refractivity contribution in [2.45, 2.75) is 31.8 Å². The Morgan fingerprint density at radius 1 is 1.00 bits per heavy atom. The minimum atomic E-state index is 0.644. The second-order valence-electron chi connectivity index (χ2n) is 5.78. The maximum atomic E-state index is 5.41. The summed E-state index contributed by atoms with van der Waals surface area (Å²) in [6.07, 6.45) is 1.04. The van der Waals surface area contributed by atoms with Crippen LogP contribution in [-0.4, -0.2) is 14.8 Å². The maximum absolute atomic E-state index is 5.41. The first-order valence-corrected chi connectivity index (χ1v) is 9.62. The molecule has 0 aliphatic heterocycles. The Labute approximate surface area is 152 Å². The van der Waals surface area contributed by atoms with Crippen molar-refractivity contribution in [3.05, 3.63) is 75.8 Å². The molecule has 3 nitrogen and oxygen atoms in total. The maximum Gasteiger partial charge on any atom is 0.199 e. The van der Waals surface area contributed by atoms with Crippen LogP contribution in [0.3, 0.4) is 0 Å². The number of hydrogen-bond donors (Lipinski definition) is 1. The average molecular weight is 356 g/mol. The van der Waals surface area contributed by atoms with Gasteiger partial charge in [-0.2, -0.15) is 5.10 Å². The number of thioether (sulfide) groups is 1. The fourth-order valence-electron chi connectivity index (χ4n) is 2.52. The number of nitrogens with zero attached hydrogens (tertiary/aromatic N) is 2. The molecule has 1 N–H and O–H groups in total. The van der Waals surface area contributed by atoms with Gasteiger partial charge in [-0.15, -0.1) is 11.8 Å². The zero-order chi connectivity index (χ0) is 16.9. The van der Waals surface area contributed by atoms with Crippen LogP contribution in [-0.2, 0) is 17.9 Å². The number of rotatable bonds is 6. The largest absolute Gasteiger partial charge is 0.271 e. The third-order valence-corrected chi connectivity index (χ3v) is 5.24. The first-order valence-electron chi connectivity index (χ1n) is 8.06. The molecule has 124 valence electrons. The van der Waals surface area contributed by atoms with Gasteiger partial charge in [0.1, 0.15) is 5.82 Å². The van der Waals surface area contributed by atoms with Gasteiger partial charge >= 0.3 is 0 Å². The molecule has 0 unspecified atom stereocenters. The summed E-state index contributed by atoms with van der Waals surface area (Å²) in [4.78, 5) is 0. The van der Waals surface area contributed by atoms with Crippen LogP contribution in [0.25, 0.3) is 5.69 Å². The molecular formula is C19H21N3S2. The van der Waals surface area contributed by atoms with Gasteiger partial charge < -0.3 is 0 Å². The van der Waals surface area contributed by atoms with Gasteiger partial charge in [-0.1, -0.05) is 48.9 Å². The van der Waals surface area contributed by atoms with E-state index in [1.54, 1.807) is 0 Å². The van der Waals surface area contributed by atoms with Crippen LogP contribution in [0.15, 0.2) is 48.5 Å². The van der Waals surface area contributed by atoms with E-state index >= 15 is 0 Å². The highest BCUT2D eigenvalue weighted by Gasteiger charge is 2.08. The highest BCUT2D eigenvalue weighted by Crippen LogP contribution is 2.20. The molecular weight excluding hydrogens is 334 g/mol. The fraction of sp³-hybridized carbons (Fsp3) is 0.263. The molecule has 0 saturated carbocycles. The lowest BCUT2D eigenvalue weighted by Crippen LogP contribution is -2.00. The van der Waals surface area contributed by atoms with Gasteiger partial charge in [0.2, 0.25) is 0 Å². The molecule has 0 bridgehead atoms. The molecule has 0 aliphatic carbocycles. The van der Waals surface area contributed by atoms with E-state index in [4.69, 9.17) is 12.2 Å². The Balaban J connectivity index is 1.72. The first kappa shape index (κ1) is 17.0. The van der Waals surface area contributed by atoms with Crippen molar-refractivity contribution < 1.29 is 0 Å². The Morgan fingerprint density at radius 2 is 1.67 bits per heavy atom. The van der Waals surface area contributed by atoms with Gasteiger partial charge in [-0.3, -0.25) is 9.67 Å². The zero-order valence-corrected chi connectivity index (χ0v) is 15.6. The number of H-pyrrole nitrogens is 1. The fourth-order valence-corrected chi connectivity index (χ4v) is 3.68.